The highest BCUT2D eigenvalue weighted by molar-refractivity contribution is 6.03. The van der Waals surface area contributed by atoms with E-state index in [-0.39, 0.29) is 56.3 Å². The van der Waals surface area contributed by atoms with Gasteiger partial charge in [-0.2, -0.15) is 4.99 Å². The molecule has 0 bridgehead atoms. The molecule has 234 valence electrons. The number of hydrogen-bond donors (Lipinski definition) is 2. The summed E-state index contributed by atoms with van der Waals surface area (Å²) in [5.74, 6) is -1.72. The summed E-state index contributed by atoms with van der Waals surface area (Å²) in [5.41, 5.74) is 8.55. The summed E-state index contributed by atoms with van der Waals surface area (Å²) < 4.78 is 10.1. The smallest absolute Gasteiger partial charge is 0.435 e. The van der Waals surface area contributed by atoms with Gasteiger partial charge >= 0.3 is 18.0 Å². The van der Waals surface area contributed by atoms with Crippen molar-refractivity contribution in [2.45, 2.75) is 31.5 Å². The topological polar surface area (TPSA) is 149 Å². The lowest BCUT2D eigenvalue weighted by molar-refractivity contribution is -0.145. The van der Waals surface area contributed by atoms with Crippen molar-refractivity contribution in [3.8, 4) is 11.1 Å². The largest absolute Gasteiger partial charge is 0.443 e. The van der Waals surface area contributed by atoms with E-state index in [2.05, 4.69) is 4.99 Å². The van der Waals surface area contributed by atoms with Gasteiger partial charge in [0.15, 0.2) is 0 Å². The number of amidine groups is 1. The lowest BCUT2D eigenvalue weighted by Crippen LogP contribution is -2.47. The third-order valence-electron chi connectivity index (χ3n) is 7.73. The molecule has 0 aromatic heterocycles. The van der Waals surface area contributed by atoms with E-state index in [4.69, 9.17) is 15.2 Å². The Bertz CT molecular complexity index is 1710. The Kier molecular flexibility index (Phi) is 9.99. The number of aliphatic hydroxyl groups is 1. The molecule has 2 amide bonds. The Balaban J connectivity index is 1.11. The monoisotopic (exact) mass is 619 g/mol. The second-order valence-electron chi connectivity index (χ2n) is 11.0. The first-order valence-electron chi connectivity index (χ1n) is 14.8. The highest BCUT2D eigenvalue weighted by Crippen LogP contribution is 2.28. The zero-order chi connectivity index (χ0) is 32.5. The summed E-state index contributed by atoms with van der Waals surface area (Å²) in [6.45, 7) is 0.603. The Hall–Kier alpha value is -5.61. The van der Waals surface area contributed by atoms with Crippen molar-refractivity contribution < 1.29 is 33.8 Å². The summed E-state index contributed by atoms with van der Waals surface area (Å²) in [5, 5.41) is 10.9. The predicted octanol–water partition coefficient (Wildman–Crippen LogP) is 5.14. The van der Waals surface area contributed by atoms with E-state index in [9.17, 15) is 24.3 Å². The zero-order valence-electron chi connectivity index (χ0n) is 25.0. The molecule has 4 aromatic rings. The van der Waals surface area contributed by atoms with E-state index >= 15 is 0 Å². The van der Waals surface area contributed by atoms with Crippen LogP contribution in [0.2, 0.25) is 0 Å². The molecule has 10 nitrogen and oxygen atoms in total. The van der Waals surface area contributed by atoms with E-state index in [0.717, 1.165) is 16.7 Å². The van der Waals surface area contributed by atoms with Gasteiger partial charge in [-0.25, -0.2) is 9.59 Å². The number of carbonyl (C=O) groups excluding carboxylic acids is 4. The number of piperidine rings is 1. The van der Waals surface area contributed by atoms with E-state index < -0.39 is 23.6 Å². The zero-order valence-corrected chi connectivity index (χ0v) is 25.0. The maximum Gasteiger partial charge on any atom is 0.435 e. The van der Waals surface area contributed by atoms with Gasteiger partial charge in [0, 0.05) is 24.2 Å². The van der Waals surface area contributed by atoms with Gasteiger partial charge in [-0.05, 0) is 53.8 Å². The van der Waals surface area contributed by atoms with Crippen LogP contribution in [0.1, 0.15) is 51.1 Å². The number of nitrogens with zero attached hydrogens (tertiary/aromatic N) is 2. The van der Waals surface area contributed by atoms with Gasteiger partial charge in [0.05, 0.1) is 17.6 Å². The number of esters is 2. The van der Waals surface area contributed by atoms with Crippen LogP contribution in [0.4, 0.5) is 4.79 Å². The number of benzene rings is 4. The number of amides is 2. The Morgan fingerprint density at radius 2 is 1.28 bits per heavy atom. The summed E-state index contributed by atoms with van der Waals surface area (Å²) in [7, 11) is 0. The lowest BCUT2D eigenvalue weighted by Gasteiger charge is -2.37. The molecule has 0 aliphatic carbocycles. The SMILES string of the molecule is NC(=NC(=O)OCc1ccccc1)c1ccc(-c2ccc(C(=O)N3CCC(O)(CC(=O)OC(=O)c4ccccc4)CC3)cc2)cc1. The van der Waals surface area contributed by atoms with Gasteiger partial charge in [0.2, 0.25) is 0 Å². The minimum absolute atomic E-state index is 0.0385. The molecule has 1 heterocycles. The average molecular weight is 620 g/mol. The number of aliphatic imine (C=N–C) groups is 1. The third-order valence-corrected chi connectivity index (χ3v) is 7.73. The summed E-state index contributed by atoms with van der Waals surface area (Å²) in [4.78, 5) is 55.2. The molecule has 5 rings (SSSR count). The van der Waals surface area contributed by atoms with Crippen molar-refractivity contribution in [1.29, 1.82) is 0 Å². The Labute approximate surface area is 266 Å². The number of carbonyl (C=O) groups is 4. The number of rotatable bonds is 8. The summed E-state index contributed by atoms with van der Waals surface area (Å²) in [6, 6.07) is 31.7. The van der Waals surface area contributed by atoms with Gasteiger partial charge in [0.25, 0.3) is 5.91 Å². The van der Waals surface area contributed by atoms with E-state index in [1.165, 1.54) is 0 Å². The molecule has 0 atom stereocenters. The first-order chi connectivity index (χ1) is 22.2. The quantitative estimate of drug-likeness (QED) is 0.119. The van der Waals surface area contributed by atoms with Crippen molar-refractivity contribution in [3.63, 3.8) is 0 Å². The van der Waals surface area contributed by atoms with E-state index in [1.54, 1.807) is 59.5 Å². The van der Waals surface area contributed by atoms with Crippen molar-refractivity contribution in [1.82, 2.24) is 4.90 Å². The maximum atomic E-state index is 13.2. The molecule has 3 N–H and O–H groups in total. The second kappa shape index (κ2) is 14.4. The number of ether oxygens (including phenoxy) is 2. The van der Waals surface area contributed by atoms with E-state index in [1.807, 2.05) is 54.6 Å². The molecule has 1 fully saturated rings. The number of hydrogen-bond acceptors (Lipinski definition) is 7. The van der Waals surface area contributed by atoms with Crippen molar-refractivity contribution >= 4 is 29.8 Å². The van der Waals surface area contributed by atoms with Crippen molar-refractivity contribution in [3.05, 3.63) is 131 Å². The third kappa shape index (κ3) is 8.30. The minimum atomic E-state index is -1.36. The van der Waals surface area contributed by atoms with Gasteiger partial charge < -0.3 is 25.2 Å². The summed E-state index contributed by atoms with van der Waals surface area (Å²) in [6.07, 6.45) is -0.761. The summed E-state index contributed by atoms with van der Waals surface area (Å²) >= 11 is 0. The molecule has 0 radical (unpaired) electrons. The highest BCUT2D eigenvalue weighted by atomic mass is 16.6. The van der Waals surface area contributed by atoms with Crippen LogP contribution in [0.3, 0.4) is 0 Å². The molecule has 10 heteroatoms. The second-order valence-corrected chi connectivity index (χ2v) is 11.0. The highest BCUT2D eigenvalue weighted by Gasteiger charge is 2.37. The molecule has 0 spiro atoms. The fourth-order valence-electron chi connectivity index (χ4n) is 5.08. The van der Waals surface area contributed by atoms with Gasteiger partial charge in [-0.1, -0.05) is 84.9 Å². The van der Waals surface area contributed by atoms with Crippen LogP contribution in [0.25, 0.3) is 11.1 Å². The lowest BCUT2D eigenvalue weighted by atomic mass is 9.88. The maximum absolute atomic E-state index is 13.2. The Morgan fingerprint density at radius 1 is 0.739 bits per heavy atom. The van der Waals surface area contributed by atoms with Gasteiger partial charge in [-0.3, -0.25) is 9.59 Å². The van der Waals surface area contributed by atoms with Crippen LogP contribution >= 0.6 is 0 Å². The molecule has 46 heavy (non-hydrogen) atoms. The molecule has 1 aliphatic heterocycles. The molecule has 0 saturated carbocycles. The van der Waals surface area contributed by atoms with Crippen molar-refractivity contribution in [2.75, 3.05) is 13.1 Å². The molecule has 1 aliphatic rings. The van der Waals surface area contributed by atoms with E-state index in [0.29, 0.717) is 11.1 Å². The van der Waals surface area contributed by atoms with Crippen LogP contribution in [-0.4, -0.2) is 58.5 Å². The first-order valence-corrected chi connectivity index (χ1v) is 14.8. The molecule has 1 saturated heterocycles. The molecular weight excluding hydrogens is 586 g/mol. The normalized spacial score (nSPS) is 14.3. The first kappa shape index (κ1) is 31.8. The van der Waals surface area contributed by atoms with Crippen LogP contribution in [0.5, 0.6) is 0 Å². The molecule has 4 aromatic carbocycles. The fraction of sp³-hybridized carbons (Fsp3) is 0.194. The van der Waals surface area contributed by atoms with Gasteiger partial charge in [0.1, 0.15) is 12.4 Å². The fourth-order valence-corrected chi connectivity index (χ4v) is 5.08. The van der Waals surface area contributed by atoms with Crippen LogP contribution in [0.15, 0.2) is 114 Å². The minimum Gasteiger partial charge on any atom is -0.443 e. The number of nitrogens with two attached hydrogens (primary N) is 1. The van der Waals surface area contributed by atoms with Gasteiger partial charge in [-0.15, -0.1) is 0 Å². The standard InChI is InChI=1S/C36H33N3O7/c37-32(38-35(43)45-24-25-7-3-1-4-8-25)28-15-11-26(12-16-28)27-13-17-29(18-14-27)33(41)39-21-19-36(44,20-22-39)23-31(40)46-34(42)30-9-5-2-6-10-30/h1-18,44H,19-24H2,(H2,37,38,43). The number of likely N-dealkylation sites (tertiary alicyclic amines) is 1. The Morgan fingerprint density at radius 3 is 1.87 bits per heavy atom. The molecular formula is C36H33N3O7. The average Bonchev–Trinajstić information content (AvgIpc) is 3.08. The van der Waals surface area contributed by atoms with Crippen LogP contribution in [0, 0.1) is 0 Å². The predicted molar refractivity (Wildman–Crippen MR) is 171 cm³/mol. The molecule has 0 unspecified atom stereocenters. The van der Waals surface area contributed by atoms with Crippen LogP contribution < -0.4 is 5.73 Å². The van der Waals surface area contributed by atoms with Crippen molar-refractivity contribution in [2.24, 2.45) is 10.7 Å². The van der Waals surface area contributed by atoms with Crippen LogP contribution in [-0.2, 0) is 20.9 Å².